The molecule has 4 heteroatoms. The van der Waals surface area contributed by atoms with E-state index in [1.54, 1.807) is 0 Å². The molecule has 0 saturated heterocycles. The van der Waals surface area contributed by atoms with Crippen molar-refractivity contribution < 1.29 is 14.4 Å². The van der Waals surface area contributed by atoms with E-state index in [1.165, 1.54) is 0 Å². The lowest BCUT2D eigenvalue weighted by Gasteiger charge is -2.37. The topological polar surface area (TPSA) is 63.2 Å². The zero-order valence-electron chi connectivity index (χ0n) is 11.7. The van der Waals surface area contributed by atoms with E-state index in [2.05, 4.69) is 5.32 Å². The van der Waals surface area contributed by atoms with Gasteiger partial charge in [-0.1, -0.05) is 20.8 Å². The van der Waals surface area contributed by atoms with Crippen LogP contribution in [-0.4, -0.2) is 23.5 Å². The van der Waals surface area contributed by atoms with E-state index in [4.69, 9.17) is 0 Å². The highest BCUT2D eigenvalue weighted by Crippen LogP contribution is 2.68. The summed E-state index contributed by atoms with van der Waals surface area (Å²) in [6.07, 6.45) is 1.11. The van der Waals surface area contributed by atoms with Crippen molar-refractivity contribution in [3.05, 3.63) is 0 Å². The van der Waals surface area contributed by atoms with Crippen LogP contribution in [0.1, 0.15) is 47.5 Å². The molecule has 1 amide bonds. The van der Waals surface area contributed by atoms with Crippen LogP contribution in [0.4, 0.5) is 0 Å². The molecular formula is C14H21NO3. The van der Waals surface area contributed by atoms with E-state index < -0.39 is 22.0 Å². The molecule has 2 bridgehead atoms. The Bertz CT molecular complexity index is 452. The monoisotopic (exact) mass is 251 g/mol. The third-order valence-electron chi connectivity index (χ3n) is 5.35. The lowest BCUT2D eigenvalue weighted by molar-refractivity contribution is -0.149. The number of carbonyl (C=O) groups is 3. The second-order valence-corrected chi connectivity index (χ2v) is 6.65. The smallest absolute Gasteiger partial charge is 0.234 e. The summed E-state index contributed by atoms with van der Waals surface area (Å²) in [7, 11) is 0. The summed E-state index contributed by atoms with van der Waals surface area (Å²) in [5.74, 6) is -1.13. The Kier molecular flexibility index (Phi) is 2.52. The number of nitrogens with one attached hydrogen (secondary N) is 1. The summed E-state index contributed by atoms with van der Waals surface area (Å²) < 4.78 is 0. The molecule has 4 nitrogen and oxygen atoms in total. The van der Waals surface area contributed by atoms with Gasteiger partial charge in [-0.3, -0.25) is 14.4 Å². The first-order valence-electron chi connectivity index (χ1n) is 6.51. The molecule has 2 aliphatic rings. The molecule has 0 aromatic rings. The third kappa shape index (κ3) is 1.14. The third-order valence-corrected chi connectivity index (χ3v) is 5.35. The van der Waals surface area contributed by atoms with Gasteiger partial charge < -0.3 is 5.32 Å². The highest BCUT2D eigenvalue weighted by molar-refractivity contribution is 6.48. The van der Waals surface area contributed by atoms with Crippen molar-refractivity contribution in [1.29, 1.82) is 0 Å². The van der Waals surface area contributed by atoms with Crippen molar-refractivity contribution in [3.8, 4) is 0 Å². The van der Waals surface area contributed by atoms with Gasteiger partial charge in [-0.2, -0.15) is 0 Å². The molecule has 2 aliphatic carbocycles. The Morgan fingerprint density at radius 2 is 1.67 bits per heavy atom. The van der Waals surface area contributed by atoms with Gasteiger partial charge in [0.15, 0.2) is 0 Å². The highest BCUT2D eigenvalue weighted by Gasteiger charge is 2.77. The summed E-state index contributed by atoms with van der Waals surface area (Å²) in [6, 6.07) is -0.0296. The van der Waals surface area contributed by atoms with Crippen LogP contribution in [0, 0.1) is 16.2 Å². The van der Waals surface area contributed by atoms with Gasteiger partial charge in [0.05, 0.1) is 0 Å². The summed E-state index contributed by atoms with van der Waals surface area (Å²) in [5, 5.41) is 2.81. The fraction of sp³-hybridized carbons (Fsp3) is 0.786. The van der Waals surface area contributed by atoms with E-state index in [0.717, 1.165) is 0 Å². The maximum absolute atomic E-state index is 12.5. The average Bonchev–Trinajstić information content (AvgIpc) is 2.51. The van der Waals surface area contributed by atoms with E-state index >= 15 is 0 Å². The largest absolute Gasteiger partial charge is 0.353 e. The second kappa shape index (κ2) is 3.43. The Hall–Kier alpha value is -1.19. The molecule has 0 heterocycles. The van der Waals surface area contributed by atoms with E-state index in [-0.39, 0.29) is 17.7 Å². The first-order chi connectivity index (χ1) is 8.11. The van der Waals surface area contributed by atoms with Crippen molar-refractivity contribution >= 4 is 17.5 Å². The summed E-state index contributed by atoms with van der Waals surface area (Å²) in [4.78, 5) is 37.0. The molecule has 0 aromatic carbocycles. The van der Waals surface area contributed by atoms with Gasteiger partial charge in [0.1, 0.15) is 5.41 Å². The maximum Gasteiger partial charge on any atom is 0.234 e. The molecule has 0 unspecified atom stereocenters. The number of ketones is 2. The van der Waals surface area contributed by atoms with Crippen molar-refractivity contribution in [2.45, 2.75) is 53.5 Å². The van der Waals surface area contributed by atoms with Crippen LogP contribution in [0.15, 0.2) is 0 Å². The minimum absolute atomic E-state index is 0.0296. The number of hydrogen-bond donors (Lipinski definition) is 1. The molecule has 0 aromatic heterocycles. The van der Waals surface area contributed by atoms with E-state index in [9.17, 15) is 14.4 Å². The number of Topliss-reactive ketones (excluding diaryl/α,β-unsaturated/α-hetero) is 2. The molecule has 0 radical (unpaired) electrons. The van der Waals surface area contributed by atoms with Gasteiger partial charge in [0, 0.05) is 11.5 Å². The predicted molar refractivity (Wildman–Crippen MR) is 66.8 cm³/mol. The molecule has 100 valence electrons. The van der Waals surface area contributed by atoms with Crippen LogP contribution in [0.5, 0.6) is 0 Å². The summed E-state index contributed by atoms with van der Waals surface area (Å²) in [5.41, 5.74) is -2.44. The molecule has 2 fully saturated rings. The minimum atomic E-state index is -1.15. The Morgan fingerprint density at radius 1 is 1.11 bits per heavy atom. The number of carbonyl (C=O) groups excluding carboxylic acids is 3. The van der Waals surface area contributed by atoms with E-state index in [1.807, 2.05) is 34.6 Å². The van der Waals surface area contributed by atoms with Crippen molar-refractivity contribution in [1.82, 2.24) is 5.32 Å². The van der Waals surface area contributed by atoms with Crippen LogP contribution in [0.2, 0.25) is 0 Å². The van der Waals surface area contributed by atoms with Crippen molar-refractivity contribution in [2.24, 2.45) is 16.2 Å². The van der Waals surface area contributed by atoms with Crippen LogP contribution in [0.3, 0.4) is 0 Å². The SMILES string of the molecule is CC(C)NC(=O)[C@@]12CC[C@@](C)(C(=O)C1=O)C2(C)C. The van der Waals surface area contributed by atoms with Crippen LogP contribution in [0.25, 0.3) is 0 Å². The zero-order chi connectivity index (χ0) is 13.9. The fourth-order valence-electron chi connectivity index (χ4n) is 3.66. The lowest BCUT2D eigenvalue weighted by atomic mass is 9.64. The molecule has 18 heavy (non-hydrogen) atoms. The molecular weight excluding hydrogens is 230 g/mol. The van der Waals surface area contributed by atoms with Crippen molar-refractivity contribution in [2.75, 3.05) is 0 Å². The highest BCUT2D eigenvalue weighted by atomic mass is 16.2. The van der Waals surface area contributed by atoms with Crippen molar-refractivity contribution in [3.63, 3.8) is 0 Å². The molecule has 0 aliphatic heterocycles. The van der Waals surface area contributed by atoms with Crippen LogP contribution >= 0.6 is 0 Å². The Balaban J connectivity index is 2.53. The van der Waals surface area contributed by atoms with Crippen LogP contribution < -0.4 is 5.32 Å². The molecule has 0 spiro atoms. The number of fused-ring (bicyclic) bond motifs is 2. The second-order valence-electron chi connectivity index (χ2n) is 6.65. The molecule has 1 N–H and O–H groups in total. The molecule has 2 rings (SSSR count). The van der Waals surface area contributed by atoms with Gasteiger partial charge in [0.25, 0.3) is 0 Å². The van der Waals surface area contributed by atoms with E-state index in [0.29, 0.717) is 12.8 Å². The normalized spacial score (nSPS) is 37.4. The van der Waals surface area contributed by atoms with Gasteiger partial charge in [-0.05, 0) is 32.1 Å². The number of hydrogen-bond acceptors (Lipinski definition) is 3. The van der Waals surface area contributed by atoms with Gasteiger partial charge in [0.2, 0.25) is 17.5 Å². The summed E-state index contributed by atoms with van der Waals surface area (Å²) in [6.45, 7) is 9.30. The average molecular weight is 251 g/mol. The first kappa shape index (κ1) is 13.2. The lowest BCUT2D eigenvalue weighted by Crippen LogP contribution is -2.52. The first-order valence-corrected chi connectivity index (χ1v) is 6.51. The molecule has 2 saturated carbocycles. The minimum Gasteiger partial charge on any atom is -0.353 e. The van der Waals surface area contributed by atoms with Gasteiger partial charge in [-0.15, -0.1) is 0 Å². The zero-order valence-corrected chi connectivity index (χ0v) is 11.7. The number of rotatable bonds is 2. The van der Waals surface area contributed by atoms with Gasteiger partial charge >= 0.3 is 0 Å². The fourth-order valence-corrected chi connectivity index (χ4v) is 3.66. The Morgan fingerprint density at radius 3 is 2.06 bits per heavy atom. The van der Waals surface area contributed by atoms with Crippen LogP contribution in [-0.2, 0) is 14.4 Å². The molecule has 2 atom stereocenters. The quantitative estimate of drug-likeness (QED) is 0.597. The summed E-state index contributed by atoms with van der Waals surface area (Å²) >= 11 is 0. The number of amides is 1. The predicted octanol–water partition coefficient (Wildman–Crippen LogP) is 1.48. The Labute approximate surface area is 108 Å². The maximum atomic E-state index is 12.5. The standard InChI is InChI=1S/C14H21NO3/c1-8(2)15-11(18)14-7-6-13(5,12(14,3)4)9(16)10(14)17/h8H,6-7H2,1-5H3,(H,15,18)/t13-,14+/m0/s1. The van der Waals surface area contributed by atoms with Gasteiger partial charge in [-0.25, -0.2) is 0 Å².